The van der Waals surface area contributed by atoms with Gasteiger partial charge in [0.05, 0.1) is 17.5 Å². The quantitative estimate of drug-likeness (QED) is 0.735. The van der Waals surface area contributed by atoms with Crippen molar-refractivity contribution in [2.75, 3.05) is 32.7 Å². The lowest BCUT2D eigenvalue weighted by Gasteiger charge is -2.33. The number of sulfonamides is 1. The van der Waals surface area contributed by atoms with E-state index in [9.17, 15) is 13.2 Å². The zero-order valence-corrected chi connectivity index (χ0v) is 18.8. The van der Waals surface area contributed by atoms with Gasteiger partial charge in [0.15, 0.2) is 0 Å². The van der Waals surface area contributed by atoms with Crippen LogP contribution in [0.3, 0.4) is 0 Å². The molecule has 0 aromatic heterocycles. The average molecular weight is 430 g/mol. The average Bonchev–Trinajstić information content (AvgIpc) is 2.73. The Balaban J connectivity index is 1.53. The number of amides is 1. The molecule has 1 saturated heterocycles. The fraction of sp³-hybridized carbons (Fsp3) is 0.435. The summed E-state index contributed by atoms with van der Waals surface area (Å²) >= 11 is 0. The second-order valence-electron chi connectivity index (χ2n) is 7.93. The van der Waals surface area contributed by atoms with Gasteiger partial charge in [-0.3, -0.25) is 9.69 Å². The number of carbonyl (C=O) groups excluding carboxylic acids is 1. The molecule has 2 aromatic carbocycles. The molecule has 3 rings (SSSR count). The molecule has 162 valence electrons. The van der Waals surface area contributed by atoms with E-state index in [2.05, 4.69) is 36.5 Å². The normalized spacial score (nSPS) is 16.9. The molecule has 0 saturated carbocycles. The summed E-state index contributed by atoms with van der Waals surface area (Å²) in [4.78, 5) is 14.9. The maximum absolute atomic E-state index is 12.8. The van der Waals surface area contributed by atoms with Gasteiger partial charge in [0.2, 0.25) is 15.9 Å². The van der Waals surface area contributed by atoms with Crippen LogP contribution in [0.2, 0.25) is 0 Å². The van der Waals surface area contributed by atoms with Gasteiger partial charge in [0.25, 0.3) is 0 Å². The Morgan fingerprint density at radius 3 is 2.00 bits per heavy atom. The Hall–Kier alpha value is -2.22. The van der Waals surface area contributed by atoms with Gasteiger partial charge in [0, 0.05) is 26.2 Å². The summed E-state index contributed by atoms with van der Waals surface area (Å²) in [5.41, 5.74) is 3.32. The predicted molar refractivity (Wildman–Crippen MR) is 119 cm³/mol. The highest BCUT2D eigenvalue weighted by atomic mass is 32.2. The lowest BCUT2D eigenvalue weighted by molar-refractivity contribution is -0.123. The number of aryl methyl sites for hydroxylation is 2. The molecule has 1 atom stereocenters. The Morgan fingerprint density at radius 2 is 1.47 bits per heavy atom. The van der Waals surface area contributed by atoms with Gasteiger partial charge in [-0.05, 0) is 38.0 Å². The van der Waals surface area contributed by atoms with E-state index in [1.165, 1.54) is 9.87 Å². The molecule has 0 bridgehead atoms. The summed E-state index contributed by atoms with van der Waals surface area (Å²) in [5, 5.41) is 3.11. The topological polar surface area (TPSA) is 69.7 Å². The summed E-state index contributed by atoms with van der Waals surface area (Å²) in [6.45, 7) is 8.17. The van der Waals surface area contributed by atoms with Crippen molar-refractivity contribution in [2.45, 2.75) is 38.1 Å². The van der Waals surface area contributed by atoms with Crippen molar-refractivity contribution in [3.63, 3.8) is 0 Å². The van der Waals surface area contributed by atoms with Crippen LogP contribution in [0.1, 0.15) is 36.1 Å². The van der Waals surface area contributed by atoms with Gasteiger partial charge in [-0.2, -0.15) is 4.31 Å². The molecule has 1 amide bonds. The zero-order chi connectivity index (χ0) is 21.7. The monoisotopic (exact) mass is 429 g/mol. The molecule has 2 aromatic rings. The number of hydrogen-bond acceptors (Lipinski definition) is 4. The maximum Gasteiger partial charge on any atom is 0.243 e. The van der Waals surface area contributed by atoms with Crippen LogP contribution in [-0.2, 0) is 14.8 Å². The number of piperazine rings is 1. The minimum absolute atomic E-state index is 0.0127. The van der Waals surface area contributed by atoms with Crippen LogP contribution >= 0.6 is 0 Å². The highest BCUT2D eigenvalue weighted by Gasteiger charge is 2.29. The lowest BCUT2D eigenvalue weighted by atomic mass is 10.0. The van der Waals surface area contributed by atoms with E-state index < -0.39 is 10.0 Å². The van der Waals surface area contributed by atoms with Gasteiger partial charge in [0.1, 0.15) is 0 Å². The predicted octanol–water partition coefficient (Wildman–Crippen LogP) is 2.88. The minimum atomic E-state index is -3.49. The number of nitrogens with zero attached hydrogens (tertiary/aromatic N) is 2. The Morgan fingerprint density at radius 1 is 0.933 bits per heavy atom. The Bertz CT molecular complexity index is 948. The molecule has 1 aliphatic rings. The van der Waals surface area contributed by atoms with Crippen molar-refractivity contribution in [3.8, 4) is 0 Å². The lowest BCUT2D eigenvalue weighted by Crippen LogP contribution is -2.51. The fourth-order valence-electron chi connectivity index (χ4n) is 3.65. The van der Waals surface area contributed by atoms with Crippen molar-refractivity contribution in [1.29, 1.82) is 0 Å². The summed E-state index contributed by atoms with van der Waals surface area (Å²) in [6.07, 6.45) is 0.817. The van der Waals surface area contributed by atoms with Crippen LogP contribution < -0.4 is 5.32 Å². The number of benzene rings is 2. The molecule has 1 aliphatic heterocycles. The molecule has 0 radical (unpaired) electrons. The Labute approximate surface area is 179 Å². The van der Waals surface area contributed by atoms with Crippen molar-refractivity contribution >= 4 is 15.9 Å². The first kappa shape index (κ1) is 22.5. The fourth-order valence-corrected chi connectivity index (χ4v) is 5.07. The van der Waals surface area contributed by atoms with Crippen molar-refractivity contribution < 1.29 is 13.2 Å². The molecule has 0 aliphatic carbocycles. The van der Waals surface area contributed by atoms with Crippen LogP contribution in [0.5, 0.6) is 0 Å². The smallest absolute Gasteiger partial charge is 0.243 e. The highest BCUT2D eigenvalue weighted by molar-refractivity contribution is 7.89. The molecule has 6 nitrogen and oxygen atoms in total. The molecular weight excluding hydrogens is 398 g/mol. The van der Waals surface area contributed by atoms with Crippen LogP contribution in [0.25, 0.3) is 0 Å². The number of nitrogens with one attached hydrogen (secondary N) is 1. The standard InChI is InChI=1S/C23H31N3O3S/c1-4-22(20-9-5-18(2)6-10-20)24-23(27)17-25-13-15-26(16-14-25)30(28,29)21-11-7-19(3)8-12-21/h5-12,22H,4,13-17H2,1-3H3,(H,24,27). The van der Waals surface area contributed by atoms with Crippen LogP contribution in [0, 0.1) is 13.8 Å². The van der Waals surface area contributed by atoms with Crippen molar-refractivity contribution in [2.24, 2.45) is 0 Å². The molecule has 0 spiro atoms. The van der Waals surface area contributed by atoms with E-state index in [1.807, 2.05) is 30.9 Å². The van der Waals surface area contributed by atoms with Crippen LogP contribution in [-0.4, -0.2) is 56.3 Å². The van der Waals surface area contributed by atoms with Gasteiger partial charge in [-0.25, -0.2) is 8.42 Å². The summed E-state index contributed by atoms with van der Waals surface area (Å²) in [5.74, 6) is -0.0303. The first-order chi connectivity index (χ1) is 14.3. The van der Waals surface area contributed by atoms with Crippen LogP contribution in [0.15, 0.2) is 53.4 Å². The zero-order valence-electron chi connectivity index (χ0n) is 18.0. The molecule has 1 N–H and O–H groups in total. The summed E-state index contributed by atoms with van der Waals surface area (Å²) in [7, 11) is -3.49. The molecule has 7 heteroatoms. The molecule has 1 heterocycles. The third kappa shape index (κ3) is 5.47. The number of rotatable bonds is 7. The second kappa shape index (κ2) is 9.73. The first-order valence-corrected chi connectivity index (χ1v) is 11.9. The highest BCUT2D eigenvalue weighted by Crippen LogP contribution is 2.19. The van der Waals surface area contributed by atoms with Gasteiger partial charge >= 0.3 is 0 Å². The first-order valence-electron chi connectivity index (χ1n) is 10.4. The van der Waals surface area contributed by atoms with E-state index in [-0.39, 0.29) is 18.5 Å². The third-order valence-electron chi connectivity index (χ3n) is 5.58. The van der Waals surface area contributed by atoms with E-state index in [4.69, 9.17) is 0 Å². The largest absolute Gasteiger partial charge is 0.348 e. The summed E-state index contributed by atoms with van der Waals surface area (Å²) < 4.78 is 27.1. The molecule has 30 heavy (non-hydrogen) atoms. The number of hydrogen-bond donors (Lipinski definition) is 1. The summed E-state index contributed by atoms with van der Waals surface area (Å²) in [6, 6.07) is 15.1. The third-order valence-corrected chi connectivity index (χ3v) is 7.49. The minimum Gasteiger partial charge on any atom is -0.348 e. The van der Waals surface area contributed by atoms with E-state index in [1.54, 1.807) is 12.1 Å². The van der Waals surface area contributed by atoms with Crippen molar-refractivity contribution in [3.05, 3.63) is 65.2 Å². The van der Waals surface area contributed by atoms with E-state index >= 15 is 0 Å². The van der Waals surface area contributed by atoms with Crippen molar-refractivity contribution in [1.82, 2.24) is 14.5 Å². The van der Waals surface area contributed by atoms with Gasteiger partial charge < -0.3 is 5.32 Å². The molecular formula is C23H31N3O3S. The van der Waals surface area contributed by atoms with Gasteiger partial charge in [-0.15, -0.1) is 0 Å². The molecule has 1 fully saturated rings. The van der Waals surface area contributed by atoms with Crippen LogP contribution in [0.4, 0.5) is 0 Å². The number of carbonyl (C=O) groups is 1. The maximum atomic E-state index is 12.8. The van der Waals surface area contributed by atoms with Gasteiger partial charge in [-0.1, -0.05) is 54.4 Å². The Kier molecular flexibility index (Phi) is 7.28. The molecule has 1 unspecified atom stereocenters. The SMILES string of the molecule is CCC(NC(=O)CN1CCN(S(=O)(=O)c2ccc(C)cc2)CC1)c1ccc(C)cc1. The van der Waals surface area contributed by atoms with E-state index in [0.29, 0.717) is 31.1 Å². The van der Waals surface area contributed by atoms with E-state index in [0.717, 1.165) is 17.5 Å². The second-order valence-corrected chi connectivity index (χ2v) is 9.87.